The molecule has 51 heavy (non-hydrogen) atoms. The zero-order valence-corrected chi connectivity index (χ0v) is 32.6. The molecule has 7 nitrogen and oxygen atoms in total. The Balaban J connectivity index is 0.00000351. The molecular formula is C38H35BrCuFN6OPS2. The minimum Gasteiger partial charge on any atom is -1.00 e. The van der Waals surface area contributed by atoms with E-state index in [2.05, 4.69) is 104 Å². The summed E-state index contributed by atoms with van der Waals surface area (Å²) >= 11 is 10.7. The predicted molar refractivity (Wildman–Crippen MR) is 209 cm³/mol. The maximum absolute atomic E-state index is 13.8. The second-order valence-electron chi connectivity index (χ2n) is 10.6. The molecule has 0 unspecified atom stereocenters. The van der Waals surface area contributed by atoms with Gasteiger partial charge in [0, 0.05) is 24.7 Å². The number of amidine groups is 2. The van der Waals surface area contributed by atoms with Gasteiger partial charge in [-0.15, -0.1) is 10.2 Å². The van der Waals surface area contributed by atoms with Crippen molar-refractivity contribution in [3.05, 3.63) is 163 Å². The van der Waals surface area contributed by atoms with Crippen LogP contribution in [-0.4, -0.2) is 48.3 Å². The summed E-state index contributed by atoms with van der Waals surface area (Å²) in [5, 5.41) is 27.3. The standard InChI is InChI=1S/C38H36FN6OPS2.BrH.Cu/c1-40-37(48)44-42-36(30-22-24-31(39)25-23-30)35(29-14-6-2-7-15-29)43-45-38(49)41-26-27-46-28-47(32-16-8-3-9-17-32,33-18-10-4-11-19-33)34-20-12-5-13-21-34;;/h2-25H,26-28H2,1H3,(H3-,40,41,42,43,44,45,48,49);1H;/q;;+2/p-2. The van der Waals surface area contributed by atoms with Gasteiger partial charge in [-0.2, -0.15) is 10.2 Å². The Bertz CT molecular complexity index is 1810. The van der Waals surface area contributed by atoms with Crippen molar-refractivity contribution >= 4 is 70.2 Å². The molecule has 265 valence electrons. The van der Waals surface area contributed by atoms with E-state index in [-0.39, 0.29) is 50.2 Å². The Hall–Kier alpha value is -3.86. The van der Waals surface area contributed by atoms with E-state index in [1.165, 1.54) is 28.0 Å². The van der Waals surface area contributed by atoms with E-state index >= 15 is 0 Å². The minimum atomic E-state index is -2.12. The number of nitrogens with zero attached hydrogens (tertiary/aromatic N) is 4. The molecule has 13 heteroatoms. The fraction of sp³-hybridized carbons (Fsp3) is 0.105. The van der Waals surface area contributed by atoms with Crippen LogP contribution < -0.4 is 43.5 Å². The van der Waals surface area contributed by atoms with Crippen LogP contribution >= 0.6 is 7.26 Å². The molecule has 0 heterocycles. The SMILES string of the molecule is CNC([S-])=NN=C(C(=NN=C([S-])NCCOC[P+](c1ccccc1)(c1ccccc1)c1ccccc1)c1ccccc1)c1ccc(F)cc1.[Br-].[Cu+2]. The first kappa shape index (κ1) is 41.6. The average molecular weight is 849 g/mol. The summed E-state index contributed by atoms with van der Waals surface area (Å²) in [7, 11) is -0.470. The van der Waals surface area contributed by atoms with E-state index in [1.807, 2.05) is 48.5 Å². The second kappa shape index (κ2) is 21.5. The van der Waals surface area contributed by atoms with Gasteiger partial charge in [0.2, 0.25) is 0 Å². The van der Waals surface area contributed by atoms with Crippen LogP contribution in [0.2, 0.25) is 0 Å². The van der Waals surface area contributed by atoms with Crippen molar-refractivity contribution in [1.82, 2.24) is 10.6 Å². The fourth-order valence-electron chi connectivity index (χ4n) is 5.11. The molecule has 5 aromatic rings. The van der Waals surface area contributed by atoms with E-state index in [0.717, 1.165) is 0 Å². The number of halogens is 2. The molecule has 1 radical (unpaired) electrons. The molecule has 0 amide bonds. The second-order valence-corrected chi connectivity index (χ2v) is 14.8. The Labute approximate surface area is 331 Å². The number of hydrogen-bond donors (Lipinski definition) is 2. The quantitative estimate of drug-likeness (QED) is 0.0363. The van der Waals surface area contributed by atoms with Gasteiger partial charge in [-0.25, -0.2) is 4.39 Å². The van der Waals surface area contributed by atoms with Gasteiger partial charge in [-0.3, -0.25) is 0 Å². The van der Waals surface area contributed by atoms with Gasteiger partial charge in [0.25, 0.3) is 0 Å². The maximum atomic E-state index is 13.8. The van der Waals surface area contributed by atoms with Crippen molar-refractivity contribution in [3.63, 3.8) is 0 Å². The van der Waals surface area contributed by atoms with Crippen LogP contribution in [0.15, 0.2) is 166 Å². The molecule has 5 rings (SSSR count). The first-order valence-corrected chi connectivity index (χ1v) is 18.3. The molecule has 0 saturated heterocycles. The number of rotatable bonds is 13. The van der Waals surface area contributed by atoms with E-state index in [1.54, 1.807) is 19.2 Å². The number of ether oxygens (including phenoxy) is 1. The Morgan fingerprint density at radius 2 is 1.02 bits per heavy atom. The minimum absolute atomic E-state index is 0. The van der Waals surface area contributed by atoms with E-state index in [0.29, 0.717) is 42.0 Å². The van der Waals surface area contributed by atoms with Gasteiger partial charge < -0.3 is 57.6 Å². The van der Waals surface area contributed by atoms with Gasteiger partial charge in [0.05, 0.1) is 6.61 Å². The van der Waals surface area contributed by atoms with Crippen molar-refractivity contribution < 1.29 is 43.2 Å². The van der Waals surface area contributed by atoms with Crippen LogP contribution in [0, 0.1) is 5.82 Å². The van der Waals surface area contributed by atoms with E-state index in [9.17, 15) is 4.39 Å². The average Bonchev–Trinajstić information content (AvgIpc) is 3.16. The summed E-state index contributed by atoms with van der Waals surface area (Å²) in [6.07, 6.45) is 0.516. The number of nitrogens with one attached hydrogen (secondary N) is 2. The maximum Gasteiger partial charge on any atom is 2.00 e. The fourth-order valence-corrected chi connectivity index (χ4v) is 9.09. The van der Waals surface area contributed by atoms with Crippen molar-refractivity contribution in [2.75, 3.05) is 26.5 Å². The molecule has 2 N–H and O–H groups in total. The summed E-state index contributed by atoms with van der Waals surface area (Å²) in [4.78, 5) is 0. The smallest absolute Gasteiger partial charge is 1.00 e. The largest absolute Gasteiger partial charge is 2.00 e. The first-order valence-electron chi connectivity index (χ1n) is 15.5. The Morgan fingerprint density at radius 3 is 1.47 bits per heavy atom. The third-order valence-corrected chi connectivity index (χ3v) is 12.1. The van der Waals surface area contributed by atoms with Crippen LogP contribution in [0.3, 0.4) is 0 Å². The molecule has 0 aliphatic rings. The topological polar surface area (TPSA) is 82.7 Å². The molecule has 0 saturated carbocycles. The molecule has 0 fully saturated rings. The third kappa shape index (κ3) is 11.3. The van der Waals surface area contributed by atoms with Gasteiger partial charge in [-0.1, -0.05) is 84.9 Å². The van der Waals surface area contributed by atoms with Gasteiger partial charge in [-0.05, 0) is 71.0 Å². The van der Waals surface area contributed by atoms with Crippen molar-refractivity contribution in [2.45, 2.75) is 0 Å². The van der Waals surface area contributed by atoms with Crippen molar-refractivity contribution in [1.29, 1.82) is 0 Å². The molecular weight excluding hydrogens is 814 g/mol. The molecule has 0 aliphatic carbocycles. The summed E-state index contributed by atoms with van der Waals surface area (Å²) in [6, 6.07) is 47.0. The summed E-state index contributed by atoms with van der Waals surface area (Å²) in [5.74, 6) is -0.378. The van der Waals surface area contributed by atoms with E-state index < -0.39 is 7.26 Å². The molecule has 0 bridgehead atoms. The van der Waals surface area contributed by atoms with Crippen LogP contribution in [0.1, 0.15) is 11.1 Å². The van der Waals surface area contributed by atoms with Gasteiger partial charge >= 0.3 is 17.1 Å². The summed E-state index contributed by atoms with van der Waals surface area (Å²) in [6.45, 7) is 0.809. The Morgan fingerprint density at radius 1 is 0.608 bits per heavy atom. The number of benzene rings is 5. The molecule has 0 aliphatic heterocycles. The van der Waals surface area contributed by atoms with Crippen molar-refractivity contribution in [3.8, 4) is 0 Å². The monoisotopic (exact) mass is 847 g/mol. The van der Waals surface area contributed by atoms with Crippen molar-refractivity contribution in [2.24, 2.45) is 20.4 Å². The predicted octanol–water partition coefficient (Wildman–Crippen LogP) is 2.52. The van der Waals surface area contributed by atoms with Crippen LogP contribution in [0.25, 0.3) is 0 Å². The Kier molecular flexibility index (Phi) is 17.5. The van der Waals surface area contributed by atoms with Crippen LogP contribution in [0.4, 0.5) is 4.39 Å². The summed E-state index contributed by atoms with van der Waals surface area (Å²) < 4.78 is 20.3. The van der Waals surface area contributed by atoms with Crippen LogP contribution in [0.5, 0.6) is 0 Å². The van der Waals surface area contributed by atoms with Crippen LogP contribution in [-0.2, 0) is 47.1 Å². The van der Waals surface area contributed by atoms with Gasteiger partial charge in [0.15, 0.2) is 6.35 Å². The normalized spacial score (nSPS) is 12.4. The van der Waals surface area contributed by atoms with Gasteiger partial charge in [0.1, 0.15) is 40.4 Å². The molecule has 0 aromatic heterocycles. The molecule has 0 atom stereocenters. The number of hydrogen-bond acceptors (Lipinski definition) is 7. The zero-order chi connectivity index (χ0) is 34.3. The molecule has 0 spiro atoms. The third-order valence-electron chi connectivity index (χ3n) is 7.48. The first-order chi connectivity index (χ1) is 24.0. The zero-order valence-electron chi connectivity index (χ0n) is 27.5. The molecule has 5 aromatic carbocycles. The van der Waals surface area contributed by atoms with E-state index in [4.69, 9.17) is 30.0 Å². The summed E-state index contributed by atoms with van der Waals surface area (Å²) in [5.41, 5.74) is 2.03.